The number of hydrogen-bond acceptors (Lipinski definition) is 6. The summed E-state index contributed by atoms with van der Waals surface area (Å²) < 4.78 is 10.1. The van der Waals surface area contributed by atoms with Gasteiger partial charge in [-0.25, -0.2) is 9.59 Å². The first-order chi connectivity index (χ1) is 11.0. The van der Waals surface area contributed by atoms with Gasteiger partial charge in [0.25, 0.3) is 0 Å². The van der Waals surface area contributed by atoms with Crippen molar-refractivity contribution in [2.24, 2.45) is 0 Å². The summed E-state index contributed by atoms with van der Waals surface area (Å²) in [6.45, 7) is 8.42. The number of anilines is 1. The topological polar surface area (TPSA) is 76.7 Å². The summed E-state index contributed by atoms with van der Waals surface area (Å²) in [6, 6.07) is 0. The molecule has 0 amide bonds. The minimum Gasteiger partial charge on any atom is -0.462 e. The van der Waals surface area contributed by atoms with Gasteiger partial charge in [0, 0.05) is 6.54 Å². The predicted octanol–water partition coefficient (Wildman–Crippen LogP) is 3.11. The predicted molar refractivity (Wildman–Crippen MR) is 95.5 cm³/mol. The molecule has 128 valence electrons. The molecule has 2 N–H and O–H groups in total. The van der Waals surface area contributed by atoms with Gasteiger partial charge in [-0.3, -0.25) is 0 Å². The van der Waals surface area contributed by atoms with Crippen LogP contribution in [0.4, 0.5) is 5.00 Å². The zero-order valence-corrected chi connectivity index (χ0v) is 15.4. The second-order valence-electron chi connectivity index (χ2n) is 4.58. The summed E-state index contributed by atoms with van der Waals surface area (Å²) in [6.07, 6.45) is 0.921. The Bertz CT molecular complexity index is 584. The maximum atomic E-state index is 12.2. The molecule has 0 aliphatic rings. The van der Waals surface area contributed by atoms with Gasteiger partial charge in [-0.2, -0.15) is 0 Å². The number of ether oxygens (including phenoxy) is 2. The molecule has 0 spiro atoms. The fourth-order valence-electron chi connectivity index (χ4n) is 1.83. The molecule has 8 heteroatoms. The minimum atomic E-state index is -0.488. The van der Waals surface area contributed by atoms with Gasteiger partial charge in [0.1, 0.15) is 9.88 Å². The molecule has 23 heavy (non-hydrogen) atoms. The van der Waals surface area contributed by atoms with Crippen LogP contribution >= 0.6 is 23.6 Å². The molecule has 0 saturated carbocycles. The maximum absolute atomic E-state index is 12.2. The van der Waals surface area contributed by atoms with E-state index in [0.717, 1.165) is 24.3 Å². The summed E-state index contributed by atoms with van der Waals surface area (Å²) in [7, 11) is 0. The van der Waals surface area contributed by atoms with Crippen LogP contribution in [-0.2, 0) is 9.47 Å². The van der Waals surface area contributed by atoms with Crippen LogP contribution in [0.5, 0.6) is 0 Å². The quantitative estimate of drug-likeness (QED) is 0.573. The Kier molecular flexibility index (Phi) is 7.97. The highest BCUT2D eigenvalue weighted by molar-refractivity contribution is 7.80. The highest BCUT2D eigenvalue weighted by atomic mass is 32.1. The number of thiocarbonyl (C=S) groups is 1. The Morgan fingerprint density at radius 1 is 1.13 bits per heavy atom. The SMILES string of the molecule is CCCNC(=S)Nc1sc(C(=O)OCC)c(C)c1C(=O)OCC. The number of rotatable bonds is 7. The van der Waals surface area contributed by atoms with Gasteiger partial charge in [0.15, 0.2) is 5.11 Å². The Hall–Kier alpha value is -1.67. The molecule has 0 unspecified atom stereocenters. The van der Waals surface area contributed by atoms with E-state index in [1.807, 2.05) is 6.92 Å². The number of thiophene rings is 1. The average molecular weight is 358 g/mol. The van der Waals surface area contributed by atoms with E-state index in [1.54, 1.807) is 20.8 Å². The molecule has 0 aliphatic heterocycles. The molecule has 0 saturated heterocycles. The molecule has 0 bridgehead atoms. The van der Waals surface area contributed by atoms with Gasteiger partial charge in [-0.1, -0.05) is 6.92 Å². The lowest BCUT2D eigenvalue weighted by Gasteiger charge is -2.10. The van der Waals surface area contributed by atoms with Gasteiger partial charge in [-0.15, -0.1) is 11.3 Å². The minimum absolute atomic E-state index is 0.251. The molecule has 0 aromatic carbocycles. The van der Waals surface area contributed by atoms with E-state index < -0.39 is 11.9 Å². The summed E-state index contributed by atoms with van der Waals surface area (Å²) in [4.78, 5) is 24.6. The molecule has 0 aliphatic carbocycles. The van der Waals surface area contributed by atoms with Gasteiger partial charge in [-0.05, 0) is 45.0 Å². The summed E-state index contributed by atoms with van der Waals surface area (Å²) >= 11 is 6.33. The highest BCUT2D eigenvalue weighted by Crippen LogP contribution is 2.34. The molecule has 1 rings (SSSR count). The van der Waals surface area contributed by atoms with Crippen molar-refractivity contribution >= 4 is 45.6 Å². The van der Waals surface area contributed by atoms with E-state index in [9.17, 15) is 9.59 Å². The molecule has 6 nitrogen and oxygen atoms in total. The van der Waals surface area contributed by atoms with Gasteiger partial charge in [0.05, 0.1) is 18.8 Å². The largest absolute Gasteiger partial charge is 0.462 e. The van der Waals surface area contributed by atoms with Gasteiger partial charge < -0.3 is 20.1 Å². The first-order valence-corrected chi connectivity index (χ1v) is 8.71. The monoisotopic (exact) mass is 358 g/mol. The molecule has 0 fully saturated rings. The van der Waals surface area contributed by atoms with Crippen LogP contribution in [0, 0.1) is 6.92 Å². The molecular formula is C15H22N2O4S2. The Morgan fingerprint density at radius 3 is 2.30 bits per heavy atom. The van der Waals surface area contributed by atoms with E-state index in [1.165, 1.54) is 0 Å². The molecule has 0 atom stereocenters. The lowest BCUT2D eigenvalue weighted by atomic mass is 10.1. The van der Waals surface area contributed by atoms with Crippen molar-refractivity contribution in [1.29, 1.82) is 0 Å². The van der Waals surface area contributed by atoms with Crippen molar-refractivity contribution in [1.82, 2.24) is 5.32 Å². The summed E-state index contributed by atoms with van der Waals surface area (Å²) in [5, 5.41) is 6.88. The van der Waals surface area contributed by atoms with E-state index in [-0.39, 0.29) is 13.2 Å². The maximum Gasteiger partial charge on any atom is 0.348 e. The fourth-order valence-corrected chi connectivity index (χ4v) is 3.19. The van der Waals surface area contributed by atoms with Crippen molar-refractivity contribution < 1.29 is 19.1 Å². The number of nitrogens with one attached hydrogen (secondary N) is 2. The van der Waals surface area contributed by atoms with Gasteiger partial charge in [0.2, 0.25) is 0 Å². The second-order valence-corrected chi connectivity index (χ2v) is 6.01. The van der Waals surface area contributed by atoms with Crippen molar-refractivity contribution in [2.75, 3.05) is 25.1 Å². The second kappa shape index (κ2) is 9.46. The van der Waals surface area contributed by atoms with Crippen molar-refractivity contribution in [2.45, 2.75) is 34.1 Å². The van der Waals surface area contributed by atoms with Gasteiger partial charge >= 0.3 is 11.9 Å². The average Bonchev–Trinajstić information content (AvgIpc) is 2.82. The molecule has 1 aromatic rings. The van der Waals surface area contributed by atoms with E-state index in [2.05, 4.69) is 10.6 Å². The smallest absolute Gasteiger partial charge is 0.348 e. The molecular weight excluding hydrogens is 336 g/mol. The van der Waals surface area contributed by atoms with Crippen molar-refractivity contribution in [3.8, 4) is 0 Å². The Balaban J connectivity index is 3.14. The van der Waals surface area contributed by atoms with E-state index in [4.69, 9.17) is 21.7 Å². The van der Waals surface area contributed by atoms with Crippen LogP contribution < -0.4 is 10.6 Å². The van der Waals surface area contributed by atoms with Crippen LogP contribution in [0.1, 0.15) is 52.8 Å². The van der Waals surface area contributed by atoms with Crippen molar-refractivity contribution in [3.05, 3.63) is 16.0 Å². The number of carbonyl (C=O) groups excluding carboxylic acids is 2. The number of carbonyl (C=O) groups is 2. The fraction of sp³-hybridized carbons (Fsp3) is 0.533. The lowest BCUT2D eigenvalue weighted by Crippen LogP contribution is -2.29. The van der Waals surface area contributed by atoms with Crippen LogP contribution in [0.15, 0.2) is 0 Å². The van der Waals surface area contributed by atoms with E-state index in [0.29, 0.717) is 26.1 Å². The standard InChI is InChI=1S/C15H22N2O4S2/c1-5-8-16-15(22)17-12-10(13(18)20-6-2)9(4)11(23-12)14(19)21-7-3/h5-8H2,1-4H3,(H2,16,17,22). The highest BCUT2D eigenvalue weighted by Gasteiger charge is 2.26. The number of esters is 2. The number of hydrogen-bond donors (Lipinski definition) is 2. The zero-order chi connectivity index (χ0) is 17.4. The van der Waals surface area contributed by atoms with Crippen molar-refractivity contribution in [3.63, 3.8) is 0 Å². The zero-order valence-electron chi connectivity index (χ0n) is 13.8. The molecule has 0 radical (unpaired) electrons. The summed E-state index contributed by atoms with van der Waals surface area (Å²) in [5.41, 5.74) is 0.855. The summed E-state index contributed by atoms with van der Waals surface area (Å²) in [5.74, 6) is -0.946. The Morgan fingerprint density at radius 2 is 1.74 bits per heavy atom. The lowest BCUT2D eigenvalue weighted by molar-refractivity contribution is 0.0527. The normalized spacial score (nSPS) is 10.1. The van der Waals surface area contributed by atoms with Crippen LogP contribution in [0.25, 0.3) is 0 Å². The molecule has 1 heterocycles. The third kappa shape index (κ3) is 5.18. The molecule has 1 aromatic heterocycles. The Labute approximate surface area is 145 Å². The first kappa shape index (κ1) is 19.4. The van der Waals surface area contributed by atoms with E-state index >= 15 is 0 Å². The van der Waals surface area contributed by atoms with Crippen LogP contribution in [0.3, 0.4) is 0 Å². The third-order valence-electron chi connectivity index (χ3n) is 2.85. The van der Waals surface area contributed by atoms with Crippen LogP contribution in [-0.4, -0.2) is 36.8 Å². The first-order valence-electron chi connectivity index (χ1n) is 7.48. The third-order valence-corrected chi connectivity index (χ3v) is 4.28. The van der Waals surface area contributed by atoms with Crippen LogP contribution in [0.2, 0.25) is 0 Å².